The Balaban J connectivity index is 1.88. The molecule has 0 N–H and O–H groups in total. The molecule has 0 nitrogen and oxygen atoms in total. The third-order valence-corrected chi connectivity index (χ3v) is 8.04. The molecule has 0 atom stereocenters. The highest BCUT2D eigenvalue weighted by molar-refractivity contribution is 9.10. The smallest absolute Gasteiger partial charge is 0.0216 e. The van der Waals surface area contributed by atoms with E-state index in [9.17, 15) is 0 Å². The fourth-order valence-corrected chi connectivity index (χ4v) is 6.14. The lowest BCUT2D eigenvalue weighted by Gasteiger charge is -2.33. The molecule has 0 bridgehead atoms. The predicted octanol–water partition coefficient (Wildman–Crippen LogP) is 10.7. The van der Waals surface area contributed by atoms with Gasteiger partial charge in [0.15, 0.2) is 0 Å². The lowest BCUT2D eigenvalue weighted by Crippen LogP contribution is -2.25. The van der Waals surface area contributed by atoms with Crippen LogP contribution >= 0.6 is 31.9 Å². The van der Waals surface area contributed by atoms with Crippen LogP contribution < -0.4 is 0 Å². The normalized spacial score (nSPS) is 14.3. The summed E-state index contributed by atoms with van der Waals surface area (Å²) < 4.78 is 2.42. The van der Waals surface area contributed by atoms with E-state index < -0.39 is 0 Å². The van der Waals surface area contributed by atoms with Gasteiger partial charge < -0.3 is 0 Å². The molecular formula is C29H40Br2. The summed E-state index contributed by atoms with van der Waals surface area (Å²) in [5.41, 5.74) is 6.18. The summed E-state index contributed by atoms with van der Waals surface area (Å²) >= 11 is 7.57. The molecule has 0 fully saturated rings. The van der Waals surface area contributed by atoms with Crippen molar-refractivity contribution < 1.29 is 0 Å². The molecule has 1 aliphatic carbocycles. The molecule has 0 radical (unpaired) electrons. The molecule has 0 aromatic heterocycles. The highest BCUT2D eigenvalue weighted by Crippen LogP contribution is 2.55. The van der Waals surface area contributed by atoms with Crippen molar-refractivity contribution in [2.45, 2.75) is 97.3 Å². The number of hydrogen-bond donors (Lipinski definition) is 0. The van der Waals surface area contributed by atoms with Gasteiger partial charge in [-0.25, -0.2) is 0 Å². The Kier molecular flexibility index (Phi) is 9.29. The van der Waals surface area contributed by atoms with Crippen molar-refractivity contribution in [3.8, 4) is 11.1 Å². The first-order valence-corrected chi connectivity index (χ1v) is 14.0. The third-order valence-electron chi connectivity index (χ3n) is 7.05. The van der Waals surface area contributed by atoms with Gasteiger partial charge in [0, 0.05) is 14.4 Å². The maximum absolute atomic E-state index is 3.78. The number of halogens is 2. The Bertz CT molecular complexity index is 778. The summed E-state index contributed by atoms with van der Waals surface area (Å²) in [6.45, 7) is 9.38. The fraction of sp³-hybridized carbons (Fsp3) is 0.586. The van der Waals surface area contributed by atoms with Crippen LogP contribution in [0.1, 0.15) is 103 Å². The average molecular weight is 548 g/mol. The van der Waals surface area contributed by atoms with Crippen molar-refractivity contribution in [3.05, 3.63) is 56.5 Å². The first kappa shape index (κ1) is 25.0. The second-order valence-electron chi connectivity index (χ2n) is 10.4. The van der Waals surface area contributed by atoms with Crippen molar-refractivity contribution in [2.24, 2.45) is 11.8 Å². The molecule has 0 aliphatic heterocycles. The molecule has 1 aliphatic rings. The van der Waals surface area contributed by atoms with Crippen molar-refractivity contribution in [1.82, 2.24) is 0 Å². The molecule has 3 rings (SSSR count). The molecular weight excluding hydrogens is 508 g/mol. The zero-order chi connectivity index (χ0) is 22.4. The molecule has 0 saturated carbocycles. The molecule has 0 spiro atoms. The zero-order valence-electron chi connectivity index (χ0n) is 19.9. The van der Waals surface area contributed by atoms with Crippen LogP contribution in [0.4, 0.5) is 0 Å². The van der Waals surface area contributed by atoms with E-state index in [0.29, 0.717) is 0 Å². The number of hydrogen-bond acceptors (Lipinski definition) is 0. The van der Waals surface area contributed by atoms with Crippen LogP contribution in [0.15, 0.2) is 45.3 Å². The van der Waals surface area contributed by atoms with Gasteiger partial charge in [0.05, 0.1) is 0 Å². The molecule has 0 heterocycles. The molecule has 2 heteroatoms. The van der Waals surface area contributed by atoms with Gasteiger partial charge >= 0.3 is 0 Å². The van der Waals surface area contributed by atoms with Crippen LogP contribution in [0.3, 0.4) is 0 Å². The summed E-state index contributed by atoms with van der Waals surface area (Å²) in [7, 11) is 0. The van der Waals surface area contributed by atoms with Crippen molar-refractivity contribution in [1.29, 1.82) is 0 Å². The Labute approximate surface area is 207 Å². The van der Waals surface area contributed by atoms with E-state index >= 15 is 0 Å². The zero-order valence-corrected chi connectivity index (χ0v) is 23.1. The van der Waals surface area contributed by atoms with E-state index in [2.05, 4.69) is 96.0 Å². The van der Waals surface area contributed by atoms with E-state index in [4.69, 9.17) is 0 Å². The fourth-order valence-electron chi connectivity index (χ4n) is 5.42. The topological polar surface area (TPSA) is 0 Å². The van der Waals surface area contributed by atoms with E-state index in [0.717, 1.165) is 11.8 Å². The first-order valence-electron chi connectivity index (χ1n) is 12.4. The van der Waals surface area contributed by atoms with Crippen molar-refractivity contribution >= 4 is 31.9 Å². The molecule has 2 aromatic carbocycles. The Morgan fingerprint density at radius 1 is 0.613 bits per heavy atom. The van der Waals surface area contributed by atoms with Crippen molar-refractivity contribution in [3.63, 3.8) is 0 Å². The van der Waals surface area contributed by atoms with Crippen molar-refractivity contribution in [2.75, 3.05) is 0 Å². The summed E-state index contributed by atoms with van der Waals surface area (Å²) in [4.78, 5) is 0. The standard InChI is InChI=1S/C29H40Br2/c1-21(2)11-7-5-9-17-29(18-10-6-8-12-22(3)4)27-19-23(30)13-15-25(27)26-16-14-24(31)20-28(26)29/h13-16,19-22H,5-12,17-18H2,1-4H3. The average Bonchev–Trinajstić information content (AvgIpc) is 2.96. The number of rotatable bonds is 12. The monoisotopic (exact) mass is 546 g/mol. The second-order valence-corrected chi connectivity index (χ2v) is 12.3. The molecule has 170 valence electrons. The minimum Gasteiger partial charge on any atom is -0.0628 e. The number of fused-ring (bicyclic) bond motifs is 3. The second kappa shape index (κ2) is 11.5. The van der Waals surface area contributed by atoms with E-state index in [1.54, 1.807) is 11.1 Å². The maximum atomic E-state index is 3.78. The van der Waals surface area contributed by atoms with Gasteiger partial charge in [0.25, 0.3) is 0 Å². The van der Waals surface area contributed by atoms with Gasteiger partial charge in [-0.1, -0.05) is 123 Å². The van der Waals surface area contributed by atoms with E-state index in [1.807, 2.05) is 0 Å². The quantitative estimate of drug-likeness (QED) is 0.232. The molecule has 2 aromatic rings. The number of benzene rings is 2. The Hall–Kier alpha value is -0.600. The van der Waals surface area contributed by atoms with Gasteiger partial charge in [-0.15, -0.1) is 0 Å². The van der Waals surface area contributed by atoms with Gasteiger partial charge in [0.1, 0.15) is 0 Å². The lowest BCUT2D eigenvalue weighted by atomic mass is 9.70. The highest BCUT2D eigenvalue weighted by atomic mass is 79.9. The van der Waals surface area contributed by atoms with Gasteiger partial charge in [-0.3, -0.25) is 0 Å². The summed E-state index contributed by atoms with van der Waals surface area (Å²) in [6.07, 6.45) is 13.3. The minimum atomic E-state index is 0.161. The SMILES string of the molecule is CC(C)CCCCCC1(CCCCCC(C)C)c2cc(Br)ccc2-c2ccc(Br)cc21. The van der Waals surface area contributed by atoms with E-state index in [-0.39, 0.29) is 5.41 Å². The highest BCUT2D eigenvalue weighted by Gasteiger charge is 2.42. The third kappa shape index (κ3) is 6.26. The van der Waals surface area contributed by atoms with Gasteiger partial charge in [0.2, 0.25) is 0 Å². The number of unbranched alkanes of at least 4 members (excludes halogenated alkanes) is 4. The molecule has 0 amide bonds. The van der Waals surface area contributed by atoms with Crippen LogP contribution in [-0.2, 0) is 5.41 Å². The van der Waals surface area contributed by atoms with Crippen LogP contribution in [0.2, 0.25) is 0 Å². The van der Waals surface area contributed by atoms with Crippen LogP contribution in [0.5, 0.6) is 0 Å². The summed E-state index contributed by atoms with van der Waals surface area (Å²) in [6, 6.07) is 14.0. The molecule has 0 saturated heterocycles. The van der Waals surface area contributed by atoms with Crippen LogP contribution in [0.25, 0.3) is 11.1 Å². The van der Waals surface area contributed by atoms with E-state index in [1.165, 1.54) is 84.3 Å². The molecule has 0 unspecified atom stereocenters. The molecule has 31 heavy (non-hydrogen) atoms. The maximum Gasteiger partial charge on any atom is 0.0216 e. The Morgan fingerprint density at radius 3 is 1.42 bits per heavy atom. The van der Waals surface area contributed by atoms with Crippen LogP contribution in [-0.4, -0.2) is 0 Å². The summed E-state index contributed by atoms with van der Waals surface area (Å²) in [5, 5.41) is 0. The predicted molar refractivity (Wildman–Crippen MR) is 144 cm³/mol. The Morgan fingerprint density at radius 2 is 1.03 bits per heavy atom. The first-order chi connectivity index (χ1) is 14.8. The van der Waals surface area contributed by atoms with Crippen LogP contribution in [0, 0.1) is 11.8 Å². The van der Waals surface area contributed by atoms with Gasteiger partial charge in [-0.2, -0.15) is 0 Å². The largest absolute Gasteiger partial charge is 0.0628 e. The lowest BCUT2D eigenvalue weighted by molar-refractivity contribution is 0.391. The summed E-state index contributed by atoms with van der Waals surface area (Å²) in [5.74, 6) is 1.63. The minimum absolute atomic E-state index is 0.161. The van der Waals surface area contributed by atoms with Gasteiger partial charge in [-0.05, 0) is 71.2 Å².